The maximum absolute atomic E-state index is 2.36. The molecule has 0 saturated heterocycles. The lowest BCUT2D eigenvalue weighted by Crippen LogP contribution is -2.10. The largest absolute Gasteiger partial charge is 0.310 e. The van der Waals surface area contributed by atoms with Gasteiger partial charge in [0.05, 0.1) is 0 Å². The van der Waals surface area contributed by atoms with E-state index in [1.54, 1.807) is 0 Å². The molecule has 0 aliphatic heterocycles. The molecule has 0 N–H and O–H groups in total. The van der Waals surface area contributed by atoms with Crippen molar-refractivity contribution in [3.8, 4) is 11.1 Å². The van der Waals surface area contributed by atoms with Crippen molar-refractivity contribution < 1.29 is 0 Å². The Labute approximate surface area is 216 Å². The topological polar surface area (TPSA) is 3.24 Å². The highest BCUT2D eigenvalue weighted by atomic mass is 15.1. The number of nitrogens with zero attached hydrogens (tertiary/aromatic N) is 1. The molecule has 0 fully saturated rings. The van der Waals surface area contributed by atoms with E-state index in [0.717, 1.165) is 17.1 Å². The molecule has 0 saturated carbocycles. The molecule has 7 rings (SSSR count). The molecule has 7 aromatic rings. The van der Waals surface area contributed by atoms with Crippen LogP contribution >= 0.6 is 0 Å². The molecule has 37 heavy (non-hydrogen) atoms. The highest BCUT2D eigenvalue weighted by Crippen LogP contribution is 2.39. The van der Waals surface area contributed by atoms with Gasteiger partial charge in [-0.05, 0) is 79.8 Å². The second kappa shape index (κ2) is 8.96. The Hall–Kier alpha value is -4.88. The van der Waals surface area contributed by atoms with Crippen LogP contribution in [0.15, 0.2) is 152 Å². The molecule has 0 aliphatic rings. The molecule has 174 valence electrons. The third-order valence-corrected chi connectivity index (χ3v) is 7.21. The van der Waals surface area contributed by atoms with E-state index < -0.39 is 0 Å². The zero-order valence-electron chi connectivity index (χ0n) is 20.4. The fourth-order valence-electron chi connectivity index (χ4n) is 5.33. The monoisotopic (exact) mass is 471 g/mol. The van der Waals surface area contributed by atoms with E-state index in [-0.39, 0.29) is 0 Å². The van der Waals surface area contributed by atoms with Gasteiger partial charge in [0.1, 0.15) is 0 Å². The van der Waals surface area contributed by atoms with Crippen LogP contribution in [0.4, 0.5) is 17.1 Å². The SMILES string of the molecule is c1ccc(-c2ccc(N(c3ccc4ccccc4c3)c3ccc4ccc5ccccc5c4c3)cc2)cc1. The molecule has 1 nitrogen and oxygen atoms in total. The molecule has 0 amide bonds. The maximum Gasteiger partial charge on any atom is 0.0468 e. The first-order chi connectivity index (χ1) is 18.3. The number of hydrogen-bond donors (Lipinski definition) is 0. The average molecular weight is 472 g/mol. The van der Waals surface area contributed by atoms with Crippen LogP contribution in [0.2, 0.25) is 0 Å². The third kappa shape index (κ3) is 3.91. The molecule has 0 heterocycles. The lowest BCUT2D eigenvalue weighted by atomic mass is 10.0. The van der Waals surface area contributed by atoms with E-state index in [9.17, 15) is 0 Å². The minimum absolute atomic E-state index is 1.13. The van der Waals surface area contributed by atoms with Crippen LogP contribution in [0.25, 0.3) is 43.4 Å². The Morgan fingerprint density at radius 2 is 0.811 bits per heavy atom. The second-order valence-corrected chi connectivity index (χ2v) is 9.47. The van der Waals surface area contributed by atoms with Crippen LogP contribution in [0.1, 0.15) is 0 Å². The molecule has 0 radical (unpaired) electrons. The van der Waals surface area contributed by atoms with Crippen molar-refractivity contribution >= 4 is 49.4 Å². The fraction of sp³-hybridized carbons (Fsp3) is 0. The summed E-state index contributed by atoms with van der Waals surface area (Å²) in [5, 5.41) is 7.53. The minimum Gasteiger partial charge on any atom is -0.310 e. The Bertz CT molecular complexity index is 1870. The van der Waals surface area contributed by atoms with E-state index in [1.165, 1.54) is 43.4 Å². The Morgan fingerprint density at radius 1 is 0.297 bits per heavy atom. The minimum atomic E-state index is 1.13. The first-order valence-electron chi connectivity index (χ1n) is 12.7. The summed E-state index contributed by atoms with van der Waals surface area (Å²) in [7, 11) is 0. The number of fused-ring (bicyclic) bond motifs is 4. The Kier molecular flexibility index (Phi) is 5.19. The van der Waals surface area contributed by atoms with Gasteiger partial charge in [0.15, 0.2) is 0 Å². The molecule has 0 aliphatic carbocycles. The summed E-state index contributed by atoms with van der Waals surface area (Å²) >= 11 is 0. The Balaban J connectivity index is 1.42. The first kappa shape index (κ1) is 21.4. The fourth-order valence-corrected chi connectivity index (χ4v) is 5.33. The zero-order valence-corrected chi connectivity index (χ0v) is 20.4. The summed E-state index contributed by atoms with van der Waals surface area (Å²) in [6.45, 7) is 0. The smallest absolute Gasteiger partial charge is 0.0468 e. The molecule has 0 atom stereocenters. The van der Waals surface area contributed by atoms with E-state index in [2.05, 4.69) is 157 Å². The lowest BCUT2D eigenvalue weighted by Gasteiger charge is -2.26. The number of anilines is 3. The van der Waals surface area contributed by atoms with E-state index in [1.807, 2.05) is 0 Å². The molecule has 0 aromatic heterocycles. The molecule has 0 spiro atoms. The van der Waals surface area contributed by atoms with Gasteiger partial charge in [-0.1, -0.05) is 115 Å². The van der Waals surface area contributed by atoms with Gasteiger partial charge in [0, 0.05) is 17.1 Å². The van der Waals surface area contributed by atoms with E-state index >= 15 is 0 Å². The summed E-state index contributed by atoms with van der Waals surface area (Å²) in [5.74, 6) is 0. The van der Waals surface area contributed by atoms with Crippen LogP contribution in [-0.4, -0.2) is 0 Å². The number of rotatable bonds is 4. The molecule has 0 bridgehead atoms. The average Bonchev–Trinajstić information content (AvgIpc) is 2.98. The van der Waals surface area contributed by atoms with Crippen molar-refractivity contribution in [2.45, 2.75) is 0 Å². The van der Waals surface area contributed by atoms with Gasteiger partial charge in [-0.3, -0.25) is 0 Å². The van der Waals surface area contributed by atoms with Crippen LogP contribution < -0.4 is 4.90 Å². The summed E-state index contributed by atoms with van der Waals surface area (Å²) in [5.41, 5.74) is 5.86. The van der Waals surface area contributed by atoms with Gasteiger partial charge in [-0.2, -0.15) is 0 Å². The van der Waals surface area contributed by atoms with Gasteiger partial charge < -0.3 is 4.90 Å². The summed E-state index contributed by atoms with van der Waals surface area (Å²) in [4.78, 5) is 2.36. The molecular formula is C36H25N. The summed E-state index contributed by atoms with van der Waals surface area (Å²) in [6.07, 6.45) is 0. The van der Waals surface area contributed by atoms with Crippen LogP contribution in [-0.2, 0) is 0 Å². The van der Waals surface area contributed by atoms with Crippen molar-refractivity contribution in [2.24, 2.45) is 0 Å². The first-order valence-corrected chi connectivity index (χ1v) is 12.7. The summed E-state index contributed by atoms with van der Waals surface area (Å²) < 4.78 is 0. The van der Waals surface area contributed by atoms with Gasteiger partial charge in [0.2, 0.25) is 0 Å². The molecule has 7 aromatic carbocycles. The number of benzene rings is 7. The quantitative estimate of drug-likeness (QED) is 0.231. The standard InChI is InChI=1S/C36H25N/c1-2-8-26(9-3-1)28-16-20-32(21-17-28)37(33-22-18-27-10-4-5-12-31(27)24-33)34-23-19-30-15-14-29-11-6-7-13-35(29)36(30)25-34/h1-25H. The van der Waals surface area contributed by atoms with E-state index in [4.69, 9.17) is 0 Å². The third-order valence-electron chi connectivity index (χ3n) is 7.21. The normalized spacial score (nSPS) is 11.2. The van der Waals surface area contributed by atoms with Crippen molar-refractivity contribution in [1.29, 1.82) is 0 Å². The van der Waals surface area contributed by atoms with Crippen LogP contribution in [0.5, 0.6) is 0 Å². The van der Waals surface area contributed by atoms with Gasteiger partial charge in [-0.25, -0.2) is 0 Å². The van der Waals surface area contributed by atoms with Gasteiger partial charge in [-0.15, -0.1) is 0 Å². The molecule has 0 unspecified atom stereocenters. The summed E-state index contributed by atoms with van der Waals surface area (Å²) in [6, 6.07) is 54.6. The number of hydrogen-bond acceptors (Lipinski definition) is 1. The Morgan fingerprint density at radius 3 is 1.59 bits per heavy atom. The van der Waals surface area contributed by atoms with Crippen LogP contribution in [0.3, 0.4) is 0 Å². The van der Waals surface area contributed by atoms with Crippen molar-refractivity contribution in [3.05, 3.63) is 152 Å². The van der Waals surface area contributed by atoms with Crippen molar-refractivity contribution in [3.63, 3.8) is 0 Å². The highest BCUT2D eigenvalue weighted by Gasteiger charge is 2.15. The second-order valence-electron chi connectivity index (χ2n) is 9.47. The van der Waals surface area contributed by atoms with Crippen LogP contribution in [0, 0.1) is 0 Å². The van der Waals surface area contributed by atoms with Gasteiger partial charge in [0.25, 0.3) is 0 Å². The maximum atomic E-state index is 2.36. The predicted octanol–water partition coefficient (Wildman–Crippen LogP) is 10.3. The zero-order chi connectivity index (χ0) is 24.6. The van der Waals surface area contributed by atoms with Crippen molar-refractivity contribution in [2.75, 3.05) is 4.90 Å². The highest BCUT2D eigenvalue weighted by molar-refractivity contribution is 6.09. The van der Waals surface area contributed by atoms with Crippen molar-refractivity contribution in [1.82, 2.24) is 0 Å². The molecular weight excluding hydrogens is 446 g/mol. The van der Waals surface area contributed by atoms with E-state index in [0.29, 0.717) is 0 Å². The predicted molar refractivity (Wildman–Crippen MR) is 159 cm³/mol. The van der Waals surface area contributed by atoms with Gasteiger partial charge >= 0.3 is 0 Å². The lowest BCUT2D eigenvalue weighted by molar-refractivity contribution is 1.29. The molecule has 1 heteroatoms.